The Morgan fingerprint density at radius 1 is 1.36 bits per heavy atom. The highest BCUT2D eigenvalue weighted by atomic mass is 32.2. The van der Waals surface area contributed by atoms with Crippen molar-refractivity contribution in [2.45, 2.75) is 11.8 Å². The van der Waals surface area contributed by atoms with Crippen LogP contribution >= 0.6 is 11.8 Å². The Kier molecular flexibility index (Phi) is 2.54. The Labute approximate surface area is 69.8 Å². The van der Waals surface area contributed by atoms with Gasteiger partial charge in [-0.3, -0.25) is 4.79 Å². The van der Waals surface area contributed by atoms with Gasteiger partial charge in [-0.1, -0.05) is 17.7 Å². The number of carbonyl (C=O) groups excluding carboxylic acids is 1. The molecule has 1 aromatic rings. The van der Waals surface area contributed by atoms with Crippen molar-refractivity contribution in [3.63, 3.8) is 0 Å². The molecule has 0 saturated heterocycles. The van der Waals surface area contributed by atoms with Crippen molar-refractivity contribution in [2.24, 2.45) is 5.73 Å². The highest BCUT2D eigenvalue weighted by Crippen LogP contribution is 2.17. The van der Waals surface area contributed by atoms with Crippen LogP contribution in [0, 0.1) is 6.92 Å². The first kappa shape index (κ1) is 8.14. The first-order valence-electron chi connectivity index (χ1n) is 3.22. The Balaban J connectivity index is 2.74. The largest absolute Gasteiger partial charge is 0.360 e. The predicted molar refractivity (Wildman–Crippen MR) is 46.6 cm³/mol. The Morgan fingerprint density at radius 2 is 1.91 bits per heavy atom. The summed E-state index contributed by atoms with van der Waals surface area (Å²) in [6, 6.07) is 7.66. The number of thioether (sulfide) groups is 1. The molecule has 2 nitrogen and oxygen atoms in total. The third-order valence-electron chi connectivity index (χ3n) is 1.24. The number of hydrogen-bond donors (Lipinski definition) is 1. The third kappa shape index (κ3) is 2.63. The highest BCUT2D eigenvalue weighted by Gasteiger charge is 1.96. The maximum absolute atomic E-state index is 10.4. The Hall–Kier alpha value is -0.960. The van der Waals surface area contributed by atoms with E-state index in [2.05, 4.69) is 0 Å². The maximum atomic E-state index is 10.4. The molecule has 1 aromatic carbocycles. The number of rotatable bonds is 1. The van der Waals surface area contributed by atoms with Crippen molar-refractivity contribution in [3.8, 4) is 0 Å². The van der Waals surface area contributed by atoms with E-state index in [1.807, 2.05) is 31.2 Å². The molecule has 2 N–H and O–H groups in total. The summed E-state index contributed by atoms with van der Waals surface area (Å²) in [4.78, 5) is 11.3. The van der Waals surface area contributed by atoms with Gasteiger partial charge < -0.3 is 5.73 Å². The van der Waals surface area contributed by atoms with Gasteiger partial charge in [-0.25, -0.2) is 0 Å². The standard InChI is InChI=1S/C8H9NOS/c1-6-2-4-7(5-3-6)11-8(9)10/h2-5H,1H3,(H2,9,10). The van der Waals surface area contributed by atoms with E-state index in [0.29, 0.717) is 0 Å². The zero-order chi connectivity index (χ0) is 8.27. The highest BCUT2D eigenvalue weighted by molar-refractivity contribution is 8.13. The van der Waals surface area contributed by atoms with Crippen molar-refractivity contribution in [1.82, 2.24) is 0 Å². The number of amides is 1. The van der Waals surface area contributed by atoms with E-state index in [-0.39, 0.29) is 5.24 Å². The first-order valence-corrected chi connectivity index (χ1v) is 4.04. The molecule has 0 aliphatic rings. The minimum atomic E-state index is -0.367. The molecule has 0 atom stereocenters. The van der Waals surface area contributed by atoms with Crippen LogP contribution in [0.25, 0.3) is 0 Å². The summed E-state index contributed by atoms with van der Waals surface area (Å²) < 4.78 is 0. The van der Waals surface area contributed by atoms with E-state index in [1.54, 1.807) is 0 Å². The quantitative estimate of drug-likeness (QED) is 0.651. The average molecular weight is 167 g/mol. The SMILES string of the molecule is Cc1ccc(SC(N)=O)cc1. The monoisotopic (exact) mass is 167 g/mol. The maximum Gasteiger partial charge on any atom is 0.281 e. The smallest absolute Gasteiger partial charge is 0.281 e. The first-order chi connectivity index (χ1) is 5.18. The second-order valence-corrected chi connectivity index (χ2v) is 3.31. The molecule has 0 fully saturated rings. The van der Waals surface area contributed by atoms with Crippen LogP contribution in [0.1, 0.15) is 5.56 Å². The number of primary amides is 1. The summed E-state index contributed by atoms with van der Waals surface area (Å²) >= 11 is 1.05. The van der Waals surface area contributed by atoms with Crippen molar-refractivity contribution in [3.05, 3.63) is 29.8 Å². The minimum absolute atomic E-state index is 0.367. The number of nitrogens with two attached hydrogens (primary N) is 1. The molecule has 0 saturated carbocycles. The van der Waals surface area contributed by atoms with Gasteiger partial charge in [0.05, 0.1) is 0 Å². The van der Waals surface area contributed by atoms with Crippen molar-refractivity contribution < 1.29 is 4.79 Å². The van der Waals surface area contributed by atoms with Gasteiger partial charge in [0.15, 0.2) is 0 Å². The molecular formula is C8H9NOS. The Bertz CT molecular complexity index is 255. The van der Waals surface area contributed by atoms with Crippen LogP contribution in [-0.4, -0.2) is 5.24 Å². The summed E-state index contributed by atoms with van der Waals surface area (Å²) in [5.41, 5.74) is 6.17. The molecule has 0 unspecified atom stereocenters. The lowest BCUT2D eigenvalue weighted by molar-refractivity contribution is 0.267. The van der Waals surface area contributed by atoms with Crippen LogP contribution in [-0.2, 0) is 0 Å². The predicted octanol–water partition coefficient (Wildman–Crippen LogP) is 2.17. The third-order valence-corrected chi connectivity index (χ3v) is 1.95. The van der Waals surface area contributed by atoms with E-state index >= 15 is 0 Å². The van der Waals surface area contributed by atoms with Crippen LogP contribution in [0.15, 0.2) is 29.2 Å². The molecular weight excluding hydrogens is 158 g/mol. The second-order valence-electron chi connectivity index (χ2n) is 2.23. The lowest BCUT2D eigenvalue weighted by atomic mass is 10.2. The molecule has 3 heteroatoms. The summed E-state index contributed by atoms with van der Waals surface area (Å²) in [5.74, 6) is 0. The van der Waals surface area contributed by atoms with E-state index in [0.717, 1.165) is 16.7 Å². The van der Waals surface area contributed by atoms with Crippen molar-refractivity contribution in [1.29, 1.82) is 0 Å². The molecule has 0 aromatic heterocycles. The van der Waals surface area contributed by atoms with Gasteiger partial charge in [0.1, 0.15) is 0 Å². The molecule has 0 radical (unpaired) electrons. The molecule has 0 aliphatic heterocycles. The molecule has 0 bridgehead atoms. The fourth-order valence-electron chi connectivity index (χ4n) is 0.722. The van der Waals surface area contributed by atoms with Gasteiger partial charge in [-0.05, 0) is 30.8 Å². The fraction of sp³-hybridized carbons (Fsp3) is 0.125. The summed E-state index contributed by atoms with van der Waals surface area (Å²) in [7, 11) is 0. The summed E-state index contributed by atoms with van der Waals surface area (Å²) in [6.45, 7) is 2.00. The van der Waals surface area contributed by atoms with Crippen LogP contribution < -0.4 is 5.73 Å². The molecule has 0 heterocycles. The zero-order valence-electron chi connectivity index (χ0n) is 6.20. The van der Waals surface area contributed by atoms with Crippen LogP contribution in [0.4, 0.5) is 4.79 Å². The Morgan fingerprint density at radius 3 is 2.36 bits per heavy atom. The summed E-state index contributed by atoms with van der Waals surface area (Å²) in [6.07, 6.45) is 0. The van der Waals surface area contributed by atoms with Crippen LogP contribution in [0.5, 0.6) is 0 Å². The van der Waals surface area contributed by atoms with E-state index in [9.17, 15) is 4.79 Å². The molecule has 0 aliphatic carbocycles. The van der Waals surface area contributed by atoms with Gasteiger partial charge in [-0.15, -0.1) is 0 Å². The summed E-state index contributed by atoms with van der Waals surface area (Å²) in [5, 5.41) is -0.367. The minimum Gasteiger partial charge on any atom is -0.360 e. The van der Waals surface area contributed by atoms with Gasteiger partial charge >= 0.3 is 0 Å². The van der Waals surface area contributed by atoms with Gasteiger partial charge in [0, 0.05) is 4.90 Å². The molecule has 0 spiro atoms. The van der Waals surface area contributed by atoms with E-state index < -0.39 is 0 Å². The van der Waals surface area contributed by atoms with Crippen LogP contribution in [0.3, 0.4) is 0 Å². The van der Waals surface area contributed by atoms with Crippen molar-refractivity contribution >= 4 is 17.0 Å². The molecule has 11 heavy (non-hydrogen) atoms. The van der Waals surface area contributed by atoms with Crippen LogP contribution in [0.2, 0.25) is 0 Å². The topological polar surface area (TPSA) is 43.1 Å². The average Bonchev–Trinajstić information content (AvgIpc) is 1.93. The number of benzene rings is 1. The molecule has 1 amide bonds. The second kappa shape index (κ2) is 3.44. The number of carbonyl (C=O) groups is 1. The van der Waals surface area contributed by atoms with E-state index in [1.165, 1.54) is 5.56 Å². The van der Waals surface area contributed by atoms with Crippen molar-refractivity contribution in [2.75, 3.05) is 0 Å². The fourth-order valence-corrected chi connectivity index (χ4v) is 1.23. The lowest BCUT2D eigenvalue weighted by Crippen LogP contribution is -2.01. The normalized spacial score (nSPS) is 9.55. The molecule has 1 rings (SSSR count). The number of aryl methyl sites for hydroxylation is 1. The number of hydrogen-bond acceptors (Lipinski definition) is 2. The lowest BCUT2D eigenvalue weighted by Gasteiger charge is -1.95. The van der Waals surface area contributed by atoms with Gasteiger partial charge in [-0.2, -0.15) is 0 Å². The van der Waals surface area contributed by atoms with Gasteiger partial charge in [0.25, 0.3) is 5.24 Å². The zero-order valence-corrected chi connectivity index (χ0v) is 7.02. The van der Waals surface area contributed by atoms with Gasteiger partial charge in [0.2, 0.25) is 0 Å². The molecule has 58 valence electrons. The van der Waals surface area contributed by atoms with E-state index in [4.69, 9.17) is 5.73 Å².